The van der Waals surface area contributed by atoms with E-state index in [2.05, 4.69) is 25.7 Å². The van der Waals surface area contributed by atoms with E-state index in [9.17, 15) is 31.7 Å². The Morgan fingerprint density at radius 3 is 2.37 bits per heavy atom. The summed E-state index contributed by atoms with van der Waals surface area (Å²) in [6, 6.07) is 0. The van der Waals surface area contributed by atoms with Gasteiger partial charge in [0.25, 0.3) is 9.05 Å². The number of pyridine rings is 1. The topological polar surface area (TPSA) is 99.4 Å². The van der Waals surface area contributed by atoms with Crippen LogP contribution < -0.4 is 4.74 Å². The maximum Gasteiger partial charge on any atom is 0.573 e. The van der Waals surface area contributed by atoms with Gasteiger partial charge in [0.2, 0.25) is 5.03 Å². The molecule has 0 N–H and O–H groups in total. The van der Waals surface area contributed by atoms with Crippen LogP contribution in [-0.2, 0) is 9.05 Å². The maximum absolute atomic E-state index is 12.1. The van der Waals surface area contributed by atoms with Crippen molar-refractivity contribution in [1.82, 2.24) is 4.98 Å². The Morgan fingerprint density at radius 2 is 2.00 bits per heavy atom. The summed E-state index contributed by atoms with van der Waals surface area (Å²) >= 11 is 2.45. The third-order valence-electron chi connectivity index (χ3n) is 1.57. The van der Waals surface area contributed by atoms with Crippen LogP contribution in [0.3, 0.4) is 0 Å². The number of halogens is 5. The first-order valence-corrected chi connectivity index (χ1v) is 7.07. The largest absolute Gasteiger partial charge is 0.573 e. The molecule has 0 amide bonds. The fraction of sp³-hybridized carbons (Fsp3) is 0.167. The Kier molecular flexibility index (Phi) is 4.27. The average molecular weight is 386 g/mol. The summed E-state index contributed by atoms with van der Waals surface area (Å²) in [5.41, 5.74) is -0.914. The number of hydrogen-bond acceptors (Lipinski definition) is 6. The molecule has 13 heteroatoms. The minimum atomic E-state index is -5.28. The molecule has 0 fully saturated rings. The number of alkyl halides is 3. The highest BCUT2D eigenvalue weighted by Crippen LogP contribution is 2.41. The van der Waals surface area contributed by atoms with Crippen LogP contribution in [-0.4, -0.2) is 24.7 Å². The van der Waals surface area contributed by atoms with Crippen molar-refractivity contribution in [3.8, 4) is 5.75 Å². The zero-order valence-electron chi connectivity index (χ0n) is 8.31. The number of nitro groups is 1. The van der Waals surface area contributed by atoms with E-state index in [1.165, 1.54) is 0 Å². The molecular weight excluding hydrogens is 384 g/mol. The molecule has 0 aliphatic carbocycles. The van der Waals surface area contributed by atoms with Crippen LogP contribution >= 0.6 is 26.6 Å². The number of nitrogens with zero attached hydrogens (tertiary/aromatic N) is 2. The van der Waals surface area contributed by atoms with Gasteiger partial charge in [-0.15, -0.1) is 13.2 Å². The van der Waals surface area contributed by atoms with Gasteiger partial charge in [-0.2, -0.15) is 0 Å². The van der Waals surface area contributed by atoms with Crippen LogP contribution in [0.15, 0.2) is 15.7 Å². The highest BCUT2D eigenvalue weighted by molar-refractivity contribution is 9.10. The van der Waals surface area contributed by atoms with Crippen LogP contribution in [0.4, 0.5) is 18.9 Å². The fourth-order valence-electron chi connectivity index (χ4n) is 0.950. The molecule has 0 aliphatic rings. The molecule has 0 bridgehead atoms. The summed E-state index contributed by atoms with van der Waals surface area (Å²) < 4.78 is 61.1. The lowest BCUT2D eigenvalue weighted by molar-refractivity contribution is -0.386. The molecule has 0 saturated carbocycles. The van der Waals surface area contributed by atoms with Gasteiger partial charge < -0.3 is 4.74 Å². The lowest BCUT2D eigenvalue weighted by Gasteiger charge is -2.12. The minimum absolute atomic E-state index is 0.433. The van der Waals surface area contributed by atoms with Crippen molar-refractivity contribution in [3.05, 3.63) is 20.8 Å². The highest BCUT2D eigenvalue weighted by Gasteiger charge is 2.38. The quantitative estimate of drug-likeness (QED) is 0.450. The van der Waals surface area contributed by atoms with Crippen LogP contribution in [0.2, 0.25) is 0 Å². The van der Waals surface area contributed by atoms with E-state index in [-0.39, 0.29) is 0 Å². The summed E-state index contributed by atoms with van der Waals surface area (Å²) in [6.07, 6.45) is -4.85. The lowest BCUT2D eigenvalue weighted by Crippen LogP contribution is -2.19. The van der Waals surface area contributed by atoms with E-state index in [0.29, 0.717) is 6.20 Å². The lowest BCUT2D eigenvalue weighted by atomic mass is 10.4. The SMILES string of the molecule is O=[N+]([O-])c1cnc(S(=O)(=O)Cl)c(OC(F)(F)F)c1Br. The van der Waals surface area contributed by atoms with Crippen molar-refractivity contribution in [2.24, 2.45) is 0 Å². The fourth-order valence-corrected chi connectivity index (χ4v) is 2.47. The molecule has 1 rings (SSSR count). The van der Waals surface area contributed by atoms with Gasteiger partial charge in [0.05, 0.1) is 4.92 Å². The van der Waals surface area contributed by atoms with E-state index in [0.717, 1.165) is 0 Å². The van der Waals surface area contributed by atoms with Crippen LogP contribution in [0.1, 0.15) is 0 Å². The first kappa shape index (κ1) is 15.9. The number of ether oxygens (including phenoxy) is 1. The number of rotatable bonds is 3. The van der Waals surface area contributed by atoms with Crippen molar-refractivity contribution in [2.75, 3.05) is 0 Å². The Bertz CT molecular complexity index is 634. The van der Waals surface area contributed by atoms with Gasteiger partial charge in [-0.3, -0.25) is 10.1 Å². The predicted molar refractivity (Wildman–Crippen MR) is 58.3 cm³/mol. The van der Waals surface area contributed by atoms with Crippen molar-refractivity contribution >= 4 is 41.4 Å². The summed E-state index contributed by atoms with van der Waals surface area (Å²) in [6.45, 7) is 0. The Labute approximate surface area is 116 Å². The Morgan fingerprint density at radius 1 is 1.47 bits per heavy atom. The molecule has 7 nitrogen and oxygen atoms in total. The first-order valence-electron chi connectivity index (χ1n) is 3.97. The molecular formula is C6HBrClF3N2O5S. The summed E-state index contributed by atoms with van der Waals surface area (Å²) in [5, 5.41) is 9.23. The summed E-state index contributed by atoms with van der Waals surface area (Å²) in [5.74, 6) is -1.41. The summed E-state index contributed by atoms with van der Waals surface area (Å²) in [4.78, 5) is 12.4. The highest BCUT2D eigenvalue weighted by atomic mass is 79.9. The predicted octanol–water partition coefficient (Wildman–Crippen LogP) is 2.58. The molecule has 0 radical (unpaired) electrons. The molecule has 0 saturated heterocycles. The van der Waals surface area contributed by atoms with Crippen LogP contribution in [0.25, 0.3) is 0 Å². The first-order chi connectivity index (χ1) is 8.43. The van der Waals surface area contributed by atoms with E-state index >= 15 is 0 Å². The zero-order chi connectivity index (χ0) is 15.0. The molecule has 0 unspecified atom stereocenters. The van der Waals surface area contributed by atoms with Crippen molar-refractivity contribution in [3.63, 3.8) is 0 Å². The Hall–Kier alpha value is -1.14. The van der Waals surface area contributed by atoms with Gasteiger partial charge in [-0.05, 0) is 15.9 Å². The average Bonchev–Trinajstić information content (AvgIpc) is 2.16. The molecule has 19 heavy (non-hydrogen) atoms. The normalized spacial score (nSPS) is 12.3. The van der Waals surface area contributed by atoms with Crippen LogP contribution in [0.5, 0.6) is 5.75 Å². The van der Waals surface area contributed by atoms with E-state index in [4.69, 9.17) is 10.7 Å². The molecule has 0 atom stereocenters. The van der Waals surface area contributed by atoms with Crippen molar-refractivity contribution in [2.45, 2.75) is 11.4 Å². The number of hydrogen-bond donors (Lipinski definition) is 0. The van der Waals surface area contributed by atoms with Gasteiger partial charge in [-0.1, -0.05) is 0 Å². The molecule has 0 aliphatic heterocycles. The maximum atomic E-state index is 12.1. The molecule has 1 aromatic rings. The second kappa shape index (κ2) is 5.09. The summed E-state index contributed by atoms with van der Waals surface area (Å²) in [7, 11) is 0.181. The van der Waals surface area contributed by atoms with E-state index in [1.807, 2.05) is 0 Å². The molecule has 1 heterocycles. The van der Waals surface area contributed by atoms with E-state index < -0.39 is 41.3 Å². The number of aromatic nitrogens is 1. The van der Waals surface area contributed by atoms with Gasteiger partial charge in [0.1, 0.15) is 10.7 Å². The van der Waals surface area contributed by atoms with Gasteiger partial charge >= 0.3 is 12.0 Å². The second-order valence-electron chi connectivity index (χ2n) is 2.83. The van der Waals surface area contributed by atoms with Crippen LogP contribution in [0, 0.1) is 10.1 Å². The smallest absolute Gasteiger partial charge is 0.401 e. The second-order valence-corrected chi connectivity index (χ2v) is 6.11. The monoisotopic (exact) mass is 384 g/mol. The molecule has 0 aromatic carbocycles. The molecule has 1 aromatic heterocycles. The van der Waals surface area contributed by atoms with Crippen molar-refractivity contribution in [1.29, 1.82) is 0 Å². The van der Waals surface area contributed by atoms with Gasteiger partial charge in [-0.25, -0.2) is 13.4 Å². The van der Waals surface area contributed by atoms with Crippen molar-refractivity contribution < 1.29 is 31.2 Å². The van der Waals surface area contributed by atoms with Gasteiger partial charge in [0.15, 0.2) is 5.75 Å². The van der Waals surface area contributed by atoms with E-state index in [1.54, 1.807) is 0 Å². The minimum Gasteiger partial charge on any atom is -0.401 e. The molecule has 106 valence electrons. The third-order valence-corrected chi connectivity index (χ3v) is 3.53. The zero-order valence-corrected chi connectivity index (χ0v) is 11.5. The standard InChI is InChI=1S/C6HBrClF3N2O5S/c7-3-2(13(14)15)1-12-5(19(8,16)17)4(3)18-6(9,10)11/h1H. The van der Waals surface area contributed by atoms with Gasteiger partial charge in [0, 0.05) is 10.7 Å². The molecule has 0 spiro atoms. The third kappa shape index (κ3) is 3.91. The Balaban J connectivity index is 3.60.